The molecule has 1 atom stereocenters. The Labute approximate surface area is 120 Å². The normalized spacial score (nSPS) is 12.2. The van der Waals surface area contributed by atoms with Gasteiger partial charge < -0.3 is 5.32 Å². The second-order valence-corrected chi connectivity index (χ2v) is 5.32. The molecule has 0 aliphatic rings. The highest BCUT2D eigenvalue weighted by molar-refractivity contribution is 9.09. The van der Waals surface area contributed by atoms with Crippen LogP contribution in [0.25, 0.3) is 0 Å². The monoisotopic (exact) mass is 335 g/mol. The number of carbonyl (C=O) groups excluding carboxylic acids is 1. The third kappa shape index (κ3) is 4.58. The van der Waals surface area contributed by atoms with Gasteiger partial charge in [-0.2, -0.15) is 0 Å². The number of nitrogens with one attached hydrogen (secondary N) is 1. The van der Waals surface area contributed by atoms with E-state index in [0.717, 1.165) is 18.2 Å². The number of hydrogen-bond donors (Lipinski definition) is 1. The van der Waals surface area contributed by atoms with Gasteiger partial charge >= 0.3 is 0 Å². The molecule has 0 saturated carbocycles. The van der Waals surface area contributed by atoms with Crippen molar-refractivity contribution in [2.24, 2.45) is 5.92 Å². The molecule has 100 valence electrons. The molecular formula is C13H16BrClFNO. The van der Waals surface area contributed by atoms with Gasteiger partial charge in [-0.25, -0.2) is 4.39 Å². The van der Waals surface area contributed by atoms with Gasteiger partial charge in [0, 0.05) is 16.9 Å². The Morgan fingerprint density at radius 3 is 2.89 bits per heavy atom. The Balaban J connectivity index is 2.62. The molecule has 0 aromatic heterocycles. The average molecular weight is 337 g/mol. The fraction of sp³-hybridized carbons (Fsp3) is 0.462. The number of benzene rings is 1. The fourth-order valence-electron chi connectivity index (χ4n) is 1.61. The minimum Gasteiger partial charge on any atom is -0.352 e. The first-order chi connectivity index (χ1) is 8.58. The lowest BCUT2D eigenvalue weighted by atomic mass is 10.0. The summed E-state index contributed by atoms with van der Waals surface area (Å²) in [5.41, 5.74) is -0.00352. The van der Waals surface area contributed by atoms with E-state index in [-0.39, 0.29) is 5.56 Å². The average Bonchev–Trinajstić information content (AvgIpc) is 2.37. The maximum absolute atomic E-state index is 13.4. The summed E-state index contributed by atoms with van der Waals surface area (Å²) in [7, 11) is 0. The molecule has 0 bridgehead atoms. The predicted octanol–water partition coefficient (Wildman–Crippen LogP) is 4.02. The van der Waals surface area contributed by atoms with E-state index >= 15 is 0 Å². The van der Waals surface area contributed by atoms with Crippen molar-refractivity contribution < 1.29 is 9.18 Å². The summed E-state index contributed by atoms with van der Waals surface area (Å²) in [6, 6.07) is 3.97. The van der Waals surface area contributed by atoms with Gasteiger partial charge in [0.05, 0.1) is 5.56 Å². The number of rotatable bonds is 6. The van der Waals surface area contributed by atoms with Crippen molar-refractivity contribution in [1.82, 2.24) is 5.32 Å². The molecule has 0 aliphatic heterocycles. The quantitative estimate of drug-likeness (QED) is 0.781. The molecule has 1 N–H and O–H groups in total. The van der Waals surface area contributed by atoms with Gasteiger partial charge in [-0.05, 0) is 30.5 Å². The number of hydrogen-bond acceptors (Lipinski definition) is 1. The summed E-state index contributed by atoms with van der Waals surface area (Å²) >= 11 is 9.12. The van der Waals surface area contributed by atoms with E-state index in [2.05, 4.69) is 28.2 Å². The molecule has 0 fully saturated rings. The molecule has 1 rings (SSSR count). The van der Waals surface area contributed by atoms with E-state index in [1.807, 2.05) is 0 Å². The van der Waals surface area contributed by atoms with Crippen molar-refractivity contribution >= 4 is 33.4 Å². The molecule has 1 aromatic carbocycles. The van der Waals surface area contributed by atoms with Crippen LogP contribution in [0.4, 0.5) is 4.39 Å². The Morgan fingerprint density at radius 2 is 2.28 bits per heavy atom. The molecule has 0 heterocycles. The summed E-state index contributed by atoms with van der Waals surface area (Å²) in [6.07, 6.45) is 1.96. The van der Waals surface area contributed by atoms with E-state index in [0.29, 0.717) is 17.5 Å². The molecule has 2 nitrogen and oxygen atoms in total. The van der Waals surface area contributed by atoms with Crippen LogP contribution < -0.4 is 5.32 Å². The molecule has 0 saturated heterocycles. The van der Waals surface area contributed by atoms with Crippen molar-refractivity contribution in [2.45, 2.75) is 19.8 Å². The van der Waals surface area contributed by atoms with Crippen LogP contribution in [0.15, 0.2) is 18.2 Å². The van der Waals surface area contributed by atoms with Crippen LogP contribution in [0.5, 0.6) is 0 Å². The molecule has 0 radical (unpaired) electrons. The zero-order valence-electron chi connectivity index (χ0n) is 10.2. The Hall–Kier alpha value is -0.610. The van der Waals surface area contributed by atoms with Crippen LogP contribution in [0.3, 0.4) is 0 Å². The summed E-state index contributed by atoms with van der Waals surface area (Å²) in [4.78, 5) is 11.8. The number of alkyl halides is 1. The lowest BCUT2D eigenvalue weighted by Crippen LogP contribution is -2.30. The zero-order valence-corrected chi connectivity index (χ0v) is 12.5. The van der Waals surface area contributed by atoms with E-state index in [9.17, 15) is 9.18 Å². The van der Waals surface area contributed by atoms with Gasteiger partial charge in [0.25, 0.3) is 5.91 Å². The van der Waals surface area contributed by atoms with Gasteiger partial charge in [0.15, 0.2) is 0 Å². The van der Waals surface area contributed by atoms with Gasteiger partial charge in [0.1, 0.15) is 5.82 Å². The van der Waals surface area contributed by atoms with Crippen LogP contribution in [0, 0.1) is 11.7 Å². The zero-order chi connectivity index (χ0) is 13.5. The number of carbonyl (C=O) groups is 1. The first kappa shape index (κ1) is 15.4. The highest BCUT2D eigenvalue weighted by atomic mass is 79.9. The van der Waals surface area contributed by atoms with Gasteiger partial charge in [-0.3, -0.25) is 4.79 Å². The van der Waals surface area contributed by atoms with E-state index in [1.54, 1.807) is 0 Å². The first-order valence-electron chi connectivity index (χ1n) is 5.87. The molecule has 1 aromatic rings. The number of amides is 1. The highest BCUT2D eigenvalue weighted by Crippen LogP contribution is 2.15. The molecule has 0 spiro atoms. The van der Waals surface area contributed by atoms with Gasteiger partial charge in [0.2, 0.25) is 0 Å². The molecule has 0 aliphatic carbocycles. The predicted molar refractivity (Wildman–Crippen MR) is 75.9 cm³/mol. The molecule has 5 heteroatoms. The SMILES string of the molecule is CCC(CCBr)CNC(=O)c1cc(Cl)ccc1F. The first-order valence-corrected chi connectivity index (χ1v) is 7.37. The van der Waals surface area contributed by atoms with Crippen molar-refractivity contribution in [3.63, 3.8) is 0 Å². The van der Waals surface area contributed by atoms with Crippen LogP contribution in [0.2, 0.25) is 5.02 Å². The van der Waals surface area contributed by atoms with Crippen molar-refractivity contribution in [3.8, 4) is 0 Å². The standard InChI is InChI=1S/C13H16BrClFNO/c1-2-9(5-6-14)8-17-13(18)11-7-10(15)3-4-12(11)16/h3-4,7,9H,2,5-6,8H2,1H3,(H,17,18). The summed E-state index contributed by atoms with van der Waals surface area (Å²) in [6.45, 7) is 2.62. The van der Waals surface area contributed by atoms with E-state index < -0.39 is 11.7 Å². The van der Waals surface area contributed by atoms with Crippen LogP contribution in [-0.4, -0.2) is 17.8 Å². The molecule has 18 heavy (non-hydrogen) atoms. The van der Waals surface area contributed by atoms with E-state index in [4.69, 9.17) is 11.6 Å². The minimum atomic E-state index is -0.551. The topological polar surface area (TPSA) is 29.1 Å². The molecule has 1 unspecified atom stereocenters. The number of halogens is 3. The van der Waals surface area contributed by atoms with E-state index in [1.165, 1.54) is 18.2 Å². The fourth-order valence-corrected chi connectivity index (χ4v) is 2.43. The van der Waals surface area contributed by atoms with Crippen LogP contribution >= 0.6 is 27.5 Å². The van der Waals surface area contributed by atoms with Crippen LogP contribution in [0.1, 0.15) is 30.1 Å². The second kappa shape index (κ2) is 7.74. The van der Waals surface area contributed by atoms with Crippen LogP contribution in [-0.2, 0) is 0 Å². The molecular weight excluding hydrogens is 321 g/mol. The Morgan fingerprint density at radius 1 is 1.56 bits per heavy atom. The Bertz CT molecular complexity index is 414. The lowest BCUT2D eigenvalue weighted by molar-refractivity contribution is 0.0942. The second-order valence-electron chi connectivity index (χ2n) is 4.09. The van der Waals surface area contributed by atoms with Gasteiger partial charge in [-0.15, -0.1) is 0 Å². The van der Waals surface area contributed by atoms with Crippen molar-refractivity contribution in [3.05, 3.63) is 34.6 Å². The summed E-state index contributed by atoms with van der Waals surface area (Å²) in [5, 5.41) is 4.00. The van der Waals surface area contributed by atoms with Crippen molar-refractivity contribution in [2.75, 3.05) is 11.9 Å². The maximum Gasteiger partial charge on any atom is 0.254 e. The largest absolute Gasteiger partial charge is 0.352 e. The Kier molecular flexibility index (Phi) is 6.65. The van der Waals surface area contributed by atoms with Gasteiger partial charge in [-0.1, -0.05) is 40.9 Å². The van der Waals surface area contributed by atoms with Crippen molar-refractivity contribution in [1.29, 1.82) is 0 Å². The highest BCUT2D eigenvalue weighted by Gasteiger charge is 2.13. The lowest BCUT2D eigenvalue weighted by Gasteiger charge is -2.14. The third-order valence-corrected chi connectivity index (χ3v) is 3.51. The minimum absolute atomic E-state index is 0.00352. The molecule has 1 amide bonds. The summed E-state index contributed by atoms with van der Waals surface area (Å²) in [5.74, 6) is -0.566. The third-order valence-electron chi connectivity index (χ3n) is 2.82. The maximum atomic E-state index is 13.4. The smallest absolute Gasteiger partial charge is 0.254 e. The summed E-state index contributed by atoms with van der Waals surface area (Å²) < 4.78 is 13.4.